The van der Waals surface area contributed by atoms with E-state index in [-0.39, 0.29) is 17.6 Å². The molecule has 3 rings (SSSR count). The molecule has 2 aromatic rings. The molecule has 1 aliphatic rings. The Morgan fingerprint density at radius 2 is 1.93 bits per heavy atom. The summed E-state index contributed by atoms with van der Waals surface area (Å²) in [7, 11) is 0. The molecule has 1 aliphatic carbocycles. The lowest BCUT2D eigenvalue weighted by Crippen LogP contribution is -2.48. The zero-order valence-electron chi connectivity index (χ0n) is 15.9. The highest BCUT2D eigenvalue weighted by atomic mass is 32.1. The molecule has 3 amide bonds. The number of nitrogens with zero attached hydrogens (tertiary/aromatic N) is 1. The number of esters is 1. The normalized spacial score (nSPS) is 18.7. The fourth-order valence-corrected chi connectivity index (χ4v) is 3.99. The van der Waals surface area contributed by atoms with Crippen molar-refractivity contribution in [3.63, 3.8) is 0 Å². The van der Waals surface area contributed by atoms with Crippen molar-refractivity contribution in [3.8, 4) is 10.6 Å². The predicted molar refractivity (Wildman–Crippen MR) is 106 cm³/mol. The number of nitrogens with one attached hydrogen (secondary N) is 2. The van der Waals surface area contributed by atoms with Crippen LogP contribution in [-0.4, -0.2) is 35.5 Å². The Hall–Kier alpha value is -2.81. The number of aromatic nitrogens is 1. The van der Waals surface area contributed by atoms with Crippen LogP contribution in [-0.2, 0) is 9.53 Å². The first-order chi connectivity index (χ1) is 13.9. The Kier molecular flexibility index (Phi) is 6.92. The standard InChI is InChI=1S/C20H22FN3O4S/c1-12-4-2-3-5-15(12)23-20(27)24-17(25)10-28-19(26)16-11-29-18(22-16)13-6-8-14(21)9-7-13/h6-9,11-12,15H,2-5,10H2,1H3,(H2,23,24,25,27)/t12-,15+/m0/s1. The van der Waals surface area contributed by atoms with Gasteiger partial charge in [-0.25, -0.2) is 19.0 Å². The van der Waals surface area contributed by atoms with Crippen molar-refractivity contribution < 1.29 is 23.5 Å². The highest BCUT2D eigenvalue weighted by molar-refractivity contribution is 7.13. The maximum absolute atomic E-state index is 13.0. The van der Waals surface area contributed by atoms with E-state index in [4.69, 9.17) is 4.74 Å². The third-order valence-electron chi connectivity index (χ3n) is 4.82. The Labute approximate surface area is 171 Å². The molecule has 1 aromatic heterocycles. The second kappa shape index (κ2) is 9.60. The maximum Gasteiger partial charge on any atom is 0.358 e. The lowest BCUT2D eigenvalue weighted by molar-refractivity contribution is -0.123. The Morgan fingerprint density at radius 1 is 1.21 bits per heavy atom. The summed E-state index contributed by atoms with van der Waals surface area (Å²) in [5.74, 6) is -1.49. The van der Waals surface area contributed by atoms with Crippen LogP contribution >= 0.6 is 11.3 Å². The predicted octanol–water partition coefficient (Wildman–Crippen LogP) is 3.51. The summed E-state index contributed by atoms with van der Waals surface area (Å²) in [6.07, 6.45) is 4.13. The molecule has 0 unspecified atom stereocenters. The van der Waals surface area contributed by atoms with E-state index in [9.17, 15) is 18.8 Å². The number of hydrogen-bond acceptors (Lipinski definition) is 6. The highest BCUT2D eigenvalue weighted by Crippen LogP contribution is 2.24. The monoisotopic (exact) mass is 419 g/mol. The molecule has 1 heterocycles. The number of amides is 3. The van der Waals surface area contributed by atoms with Crippen LogP contribution in [0.15, 0.2) is 29.6 Å². The van der Waals surface area contributed by atoms with Gasteiger partial charge in [-0.05, 0) is 43.0 Å². The summed E-state index contributed by atoms with van der Waals surface area (Å²) in [5, 5.41) is 6.99. The van der Waals surface area contributed by atoms with Crippen molar-refractivity contribution in [2.45, 2.75) is 38.6 Å². The molecule has 2 N–H and O–H groups in total. The molecule has 9 heteroatoms. The van der Waals surface area contributed by atoms with Crippen molar-refractivity contribution in [1.29, 1.82) is 0 Å². The van der Waals surface area contributed by atoms with Crippen LogP contribution in [0, 0.1) is 11.7 Å². The van der Waals surface area contributed by atoms with Gasteiger partial charge in [0.25, 0.3) is 5.91 Å². The molecule has 0 spiro atoms. The topological polar surface area (TPSA) is 97.4 Å². The minimum absolute atomic E-state index is 0.0407. The average Bonchev–Trinajstić information content (AvgIpc) is 3.19. The highest BCUT2D eigenvalue weighted by Gasteiger charge is 2.23. The van der Waals surface area contributed by atoms with Crippen molar-refractivity contribution in [1.82, 2.24) is 15.6 Å². The first-order valence-electron chi connectivity index (χ1n) is 9.41. The van der Waals surface area contributed by atoms with Gasteiger partial charge < -0.3 is 10.1 Å². The van der Waals surface area contributed by atoms with Crippen LogP contribution in [0.1, 0.15) is 43.1 Å². The largest absolute Gasteiger partial charge is 0.451 e. The summed E-state index contributed by atoms with van der Waals surface area (Å²) >= 11 is 1.20. The fourth-order valence-electron chi connectivity index (χ4n) is 3.20. The summed E-state index contributed by atoms with van der Waals surface area (Å²) in [6, 6.07) is 5.18. The van der Waals surface area contributed by atoms with E-state index in [1.807, 2.05) is 0 Å². The quantitative estimate of drug-likeness (QED) is 0.723. The number of carbonyl (C=O) groups excluding carboxylic acids is 3. The Morgan fingerprint density at radius 3 is 2.66 bits per heavy atom. The number of ether oxygens (including phenoxy) is 1. The average molecular weight is 419 g/mol. The number of carbonyl (C=O) groups is 3. The lowest BCUT2D eigenvalue weighted by atomic mass is 9.86. The molecule has 29 heavy (non-hydrogen) atoms. The Balaban J connectivity index is 1.45. The molecule has 1 aromatic carbocycles. The number of benzene rings is 1. The van der Waals surface area contributed by atoms with Crippen LogP contribution in [0.5, 0.6) is 0 Å². The molecule has 0 aliphatic heterocycles. The number of imide groups is 1. The van der Waals surface area contributed by atoms with Gasteiger partial charge in [-0.3, -0.25) is 10.1 Å². The van der Waals surface area contributed by atoms with E-state index in [0.29, 0.717) is 16.5 Å². The number of rotatable bonds is 5. The number of halogens is 1. The van der Waals surface area contributed by atoms with Gasteiger partial charge in [0.2, 0.25) is 0 Å². The van der Waals surface area contributed by atoms with E-state index in [0.717, 1.165) is 25.7 Å². The van der Waals surface area contributed by atoms with Gasteiger partial charge in [0.15, 0.2) is 12.3 Å². The molecule has 1 fully saturated rings. The van der Waals surface area contributed by atoms with E-state index in [2.05, 4.69) is 22.5 Å². The van der Waals surface area contributed by atoms with Gasteiger partial charge in [0.1, 0.15) is 10.8 Å². The summed E-state index contributed by atoms with van der Waals surface area (Å²) < 4.78 is 17.9. The first kappa shape index (κ1) is 20.9. The fraction of sp³-hybridized carbons (Fsp3) is 0.400. The van der Waals surface area contributed by atoms with Crippen LogP contribution in [0.4, 0.5) is 9.18 Å². The molecule has 0 radical (unpaired) electrons. The minimum Gasteiger partial charge on any atom is -0.451 e. The van der Waals surface area contributed by atoms with E-state index in [1.165, 1.54) is 28.8 Å². The van der Waals surface area contributed by atoms with Crippen molar-refractivity contribution in [3.05, 3.63) is 41.2 Å². The second-order valence-electron chi connectivity index (χ2n) is 7.01. The van der Waals surface area contributed by atoms with E-state index < -0.39 is 24.5 Å². The van der Waals surface area contributed by atoms with Crippen LogP contribution < -0.4 is 10.6 Å². The maximum atomic E-state index is 13.0. The summed E-state index contributed by atoms with van der Waals surface area (Å²) in [6.45, 7) is 1.48. The van der Waals surface area contributed by atoms with Crippen molar-refractivity contribution >= 4 is 29.2 Å². The first-order valence-corrected chi connectivity index (χ1v) is 10.3. The summed E-state index contributed by atoms with van der Waals surface area (Å²) in [5.41, 5.74) is 0.712. The molecule has 154 valence electrons. The minimum atomic E-state index is -0.772. The molecular formula is C20H22FN3O4S. The molecule has 1 saturated carbocycles. The van der Waals surface area contributed by atoms with E-state index >= 15 is 0 Å². The zero-order chi connectivity index (χ0) is 20.8. The van der Waals surface area contributed by atoms with Crippen LogP contribution in [0.25, 0.3) is 10.6 Å². The number of thiazole rings is 1. The third kappa shape index (κ3) is 5.83. The van der Waals surface area contributed by atoms with Gasteiger partial charge in [0, 0.05) is 17.0 Å². The molecule has 0 saturated heterocycles. The lowest BCUT2D eigenvalue weighted by Gasteiger charge is -2.29. The van der Waals surface area contributed by atoms with Gasteiger partial charge in [0.05, 0.1) is 0 Å². The molecular weight excluding hydrogens is 397 g/mol. The van der Waals surface area contributed by atoms with Crippen molar-refractivity contribution in [2.75, 3.05) is 6.61 Å². The van der Waals surface area contributed by atoms with Gasteiger partial charge in [-0.1, -0.05) is 19.8 Å². The van der Waals surface area contributed by atoms with Crippen molar-refractivity contribution in [2.24, 2.45) is 5.92 Å². The number of hydrogen-bond donors (Lipinski definition) is 2. The van der Waals surface area contributed by atoms with Crippen LogP contribution in [0.3, 0.4) is 0 Å². The second-order valence-corrected chi connectivity index (χ2v) is 7.87. The van der Waals surface area contributed by atoms with Gasteiger partial charge in [-0.2, -0.15) is 0 Å². The van der Waals surface area contributed by atoms with Crippen LogP contribution in [0.2, 0.25) is 0 Å². The number of urea groups is 1. The Bertz CT molecular complexity index is 884. The third-order valence-corrected chi connectivity index (χ3v) is 5.71. The SMILES string of the molecule is C[C@H]1CCCC[C@H]1NC(=O)NC(=O)COC(=O)c1csc(-c2ccc(F)cc2)n1. The molecule has 0 bridgehead atoms. The van der Waals surface area contributed by atoms with E-state index in [1.54, 1.807) is 12.1 Å². The van der Waals surface area contributed by atoms with Gasteiger partial charge >= 0.3 is 12.0 Å². The summed E-state index contributed by atoms with van der Waals surface area (Å²) in [4.78, 5) is 40.0. The molecule has 2 atom stereocenters. The smallest absolute Gasteiger partial charge is 0.358 e. The van der Waals surface area contributed by atoms with Gasteiger partial charge in [-0.15, -0.1) is 11.3 Å². The molecule has 7 nitrogen and oxygen atoms in total. The zero-order valence-corrected chi connectivity index (χ0v) is 16.8.